The summed E-state index contributed by atoms with van der Waals surface area (Å²) in [5, 5.41) is 19.0. The van der Waals surface area contributed by atoms with E-state index in [1.54, 1.807) is 12.1 Å². The first-order valence-electron chi connectivity index (χ1n) is 8.42. The summed E-state index contributed by atoms with van der Waals surface area (Å²) in [5.41, 5.74) is 2.83. The van der Waals surface area contributed by atoms with Gasteiger partial charge in [-0.2, -0.15) is 0 Å². The maximum Gasteiger partial charge on any atom is 0.229 e. The van der Waals surface area contributed by atoms with Gasteiger partial charge in [0.05, 0.1) is 0 Å². The smallest absolute Gasteiger partial charge is 0.229 e. The monoisotopic (exact) mass is 372 g/mol. The fourth-order valence-corrected chi connectivity index (χ4v) is 2.51. The number of benzene rings is 1. The maximum atomic E-state index is 9.35. The molecule has 26 heavy (non-hydrogen) atoms. The van der Waals surface area contributed by atoms with Gasteiger partial charge in [-0.3, -0.25) is 10.3 Å². The molecule has 0 aliphatic carbocycles. The molecule has 2 rings (SSSR count). The van der Waals surface area contributed by atoms with Crippen molar-refractivity contribution in [3.63, 3.8) is 0 Å². The topological polar surface area (TPSA) is 94.5 Å². The summed E-state index contributed by atoms with van der Waals surface area (Å²) in [6.45, 7) is 7.05. The lowest BCUT2D eigenvalue weighted by Crippen LogP contribution is -2.42. The number of guanidine groups is 1. The standard InChI is InChI=1S/C18H24N6OS/c1-4-19-18(26)24-16(23-17-21-12(2)11-13(3)22-17)20-10-9-14-5-7-15(25)8-6-14/h5-8,11,25H,4,9-10H2,1-3H3,(H3,19,20,21,22,23,24,26). The van der Waals surface area contributed by atoms with Crippen molar-refractivity contribution >= 4 is 29.2 Å². The fraction of sp³-hybridized carbons (Fsp3) is 0.333. The number of aromatic hydroxyl groups is 1. The van der Waals surface area contributed by atoms with E-state index in [9.17, 15) is 5.11 Å². The van der Waals surface area contributed by atoms with E-state index >= 15 is 0 Å². The van der Waals surface area contributed by atoms with Crippen LogP contribution in [0.15, 0.2) is 35.3 Å². The van der Waals surface area contributed by atoms with Gasteiger partial charge in [0.2, 0.25) is 11.9 Å². The number of anilines is 1. The van der Waals surface area contributed by atoms with Crippen LogP contribution in [0.2, 0.25) is 0 Å². The third-order valence-electron chi connectivity index (χ3n) is 3.39. The molecule has 8 heteroatoms. The number of aliphatic imine (C=N–C) groups is 1. The van der Waals surface area contributed by atoms with E-state index in [1.807, 2.05) is 39.0 Å². The van der Waals surface area contributed by atoms with Crippen LogP contribution in [0.5, 0.6) is 5.75 Å². The molecule has 0 aliphatic heterocycles. The lowest BCUT2D eigenvalue weighted by Gasteiger charge is -2.13. The molecule has 138 valence electrons. The molecule has 0 aliphatic rings. The largest absolute Gasteiger partial charge is 0.508 e. The highest BCUT2D eigenvalue weighted by Gasteiger charge is 2.06. The van der Waals surface area contributed by atoms with Crippen molar-refractivity contribution in [1.82, 2.24) is 20.6 Å². The lowest BCUT2D eigenvalue weighted by atomic mass is 10.1. The second-order valence-corrected chi connectivity index (χ2v) is 6.14. The van der Waals surface area contributed by atoms with Gasteiger partial charge in [-0.1, -0.05) is 12.1 Å². The van der Waals surface area contributed by atoms with Crippen LogP contribution in [-0.2, 0) is 6.42 Å². The van der Waals surface area contributed by atoms with Crippen LogP contribution >= 0.6 is 12.2 Å². The van der Waals surface area contributed by atoms with Crippen LogP contribution in [-0.4, -0.2) is 39.2 Å². The van der Waals surface area contributed by atoms with Gasteiger partial charge in [0, 0.05) is 24.5 Å². The minimum atomic E-state index is 0.254. The maximum absolute atomic E-state index is 9.35. The molecule has 0 atom stereocenters. The zero-order valence-electron chi connectivity index (χ0n) is 15.2. The second-order valence-electron chi connectivity index (χ2n) is 5.73. The normalized spacial score (nSPS) is 11.1. The average Bonchev–Trinajstić information content (AvgIpc) is 2.56. The number of thiocarbonyl (C=S) groups is 1. The van der Waals surface area contributed by atoms with Crippen molar-refractivity contribution in [3.05, 3.63) is 47.3 Å². The van der Waals surface area contributed by atoms with Gasteiger partial charge in [0.1, 0.15) is 5.75 Å². The van der Waals surface area contributed by atoms with Crippen molar-refractivity contribution in [3.8, 4) is 5.75 Å². The number of rotatable bonds is 5. The van der Waals surface area contributed by atoms with E-state index < -0.39 is 0 Å². The van der Waals surface area contributed by atoms with Crippen molar-refractivity contribution in [2.75, 3.05) is 18.4 Å². The summed E-state index contributed by atoms with van der Waals surface area (Å²) < 4.78 is 0. The van der Waals surface area contributed by atoms with Crippen LogP contribution in [0.25, 0.3) is 0 Å². The molecule has 0 spiro atoms. The van der Waals surface area contributed by atoms with E-state index in [4.69, 9.17) is 12.2 Å². The number of phenols is 1. The van der Waals surface area contributed by atoms with Crippen molar-refractivity contribution in [2.45, 2.75) is 27.2 Å². The number of nitrogens with zero attached hydrogens (tertiary/aromatic N) is 3. The second kappa shape index (κ2) is 9.67. The third kappa shape index (κ3) is 6.64. The Balaban J connectivity index is 2.08. The quantitative estimate of drug-likeness (QED) is 0.363. The minimum absolute atomic E-state index is 0.254. The molecule has 0 saturated heterocycles. The van der Waals surface area contributed by atoms with Gasteiger partial charge in [-0.15, -0.1) is 0 Å². The van der Waals surface area contributed by atoms with Gasteiger partial charge in [0.15, 0.2) is 5.11 Å². The van der Waals surface area contributed by atoms with E-state index in [1.165, 1.54) is 0 Å². The number of phenolic OH excluding ortho intramolecular Hbond substituents is 1. The summed E-state index contributed by atoms with van der Waals surface area (Å²) in [4.78, 5) is 13.3. The molecular formula is C18H24N6OS. The Kier molecular flexibility index (Phi) is 7.28. The molecule has 2 aromatic rings. The summed E-state index contributed by atoms with van der Waals surface area (Å²) in [6, 6.07) is 8.99. The first kappa shape index (κ1) is 19.6. The molecule has 0 saturated carbocycles. The molecule has 0 fully saturated rings. The zero-order valence-corrected chi connectivity index (χ0v) is 16.0. The van der Waals surface area contributed by atoms with E-state index in [0.717, 1.165) is 23.4 Å². The summed E-state index contributed by atoms with van der Waals surface area (Å²) in [7, 11) is 0. The van der Waals surface area contributed by atoms with Gasteiger partial charge in [-0.25, -0.2) is 9.97 Å². The summed E-state index contributed by atoms with van der Waals surface area (Å²) in [5.74, 6) is 1.21. The van der Waals surface area contributed by atoms with Crippen LogP contribution in [0.3, 0.4) is 0 Å². The summed E-state index contributed by atoms with van der Waals surface area (Å²) >= 11 is 5.24. The number of hydrogen-bond acceptors (Lipinski definition) is 5. The lowest BCUT2D eigenvalue weighted by molar-refractivity contribution is 0.475. The van der Waals surface area contributed by atoms with Crippen LogP contribution < -0.4 is 16.0 Å². The molecule has 0 radical (unpaired) electrons. The Labute approximate surface area is 159 Å². The third-order valence-corrected chi connectivity index (χ3v) is 3.63. The van der Waals surface area contributed by atoms with Gasteiger partial charge in [0.25, 0.3) is 0 Å². The molecule has 0 amide bonds. The van der Waals surface area contributed by atoms with Crippen LogP contribution in [0, 0.1) is 13.8 Å². The molecule has 0 bridgehead atoms. The Hall–Kier alpha value is -2.74. The fourth-order valence-electron chi connectivity index (χ4n) is 2.27. The van der Waals surface area contributed by atoms with Gasteiger partial charge in [-0.05, 0) is 63.2 Å². The van der Waals surface area contributed by atoms with E-state index in [-0.39, 0.29) is 5.75 Å². The van der Waals surface area contributed by atoms with E-state index in [2.05, 4.69) is 30.9 Å². The zero-order chi connectivity index (χ0) is 18.9. The SMILES string of the molecule is CCNC(=S)NC(=NCCc1ccc(O)cc1)Nc1nc(C)cc(C)n1. The first-order valence-corrected chi connectivity index (χ1v) is 8.83. The van der Waals surface area contributed by atoms with Crippen molar-refractivity contribution < 1.29 is 5.11 Å². The summed E-state index contributed by atoms with van der Waals surface area (Å²) in [6.07, 6.45) is 0.731. The number of nitrogens with one attached hydrogen (secondary N) is 3. The molecular weight excluding hydrogens is 348 g/mol. The molecule has 1 aromatic carbocycles. The first-order chi connectivity index (χ1) is 12.5. The Morgan fingerprint density at radius 2 is 1.81 bits per heavy atom. The Morgan fingerprint density at radius 1 is 1.15 bits per heavy atom. The predicted molar refractivity (Wildman–Crippen MR) is 109 cm³/mol. The average molecular weight is 372 g/mol. The number of aryl methyl sites for hydroxylation is 2. The molecule has 0 unspecified atom stereocenters. The van der Waals surface area contributed by atoms with Gasteiger partial charge >= 0.3 is 0 Å². The van der Waals surface area contributed by atoms with Crippen molar-refractivity contribution in [1.29, 1.82) is 0 Å². The molecule has 1 heterocycles. The number of hydrogen-bond donors (Lipinski definition) is 4. The molecule has 4 N–H and O–H groups in total. The van der Waals surface area contributed by atoms with Gasteiger partial charge < -0.3 is 15.7 Å². The highest BCUT2D eigenvalue weighted by Crippen LogP contribution is 2.10. The predicted octanol–water partition coefficient (Wildman–Crippen LogP) is 2.29. The van der Waals surface area contributed by atoms with Crippen LogP contribution in [0.1, 0.15) is 23.9 Å². The Bertz CT molecular complexity index is 756. The highest BCUT2D eigenvalue weighted by atomic mass is 32.1. The number of aromatic nitrogens is 2. The van der Waals surface area contributed by atoms with E-state index in [0.29, 0.717) is 30.1 Å². The van der Waals surface area contributed by atoms with Crippen molar-refractivity contribution in [2.24, 2.45) is 4.99 Å². The minimum Gasteiger partial charge on any atom is -0.508 e. The molecule has 7 nitrogen and oxygen atoms in total. The highest BCUT2D eigenvalue weighted by molar-refractivity contribution is 7.80. The van der Waals surface area contributed by atoms with Crippen LogP contribution in [0.4, 0.5) is 5.95 Å². The molecule has 1 aromatic heterocycles. The Morgan fingerprint density at radius 3 is 2.42 bits per heavy atom.